The zero-order chi connectivity index (χ0) is 41.1. The third kappa shape index (κ3) is 8.54. The molecular weight excluding hydrogens is 770 g/mol. The highest BCUT2D eigenvalue weighted by Crippen LogP contribution is 2.50. The molecule has 0 radical (unpaired) electrons. The number of nitrogens with zero attached hydrogens (tertiary/aromatic N) is 3. The van der Waals surface area contributed by atoms with Gasteiger partial charge in [-0.25, -0.2) is 36.4 Å². The van der Waals surface area contributed by atoms with Gasteiger partial charge < -0.3 is 24.8 Å². The van der Waals surface area contributed by atoms with E-state index in [0.29, 0.717) is 36.9 Å². The van der Waals surface area contributed by atoms with Crippen molar-refractivity contribution in [2.75, 3.05) is 6.54 Å². The average molecular weight is 823 g/mol. The van der Waals surface area contributed by atoms with Crippen LogP contribution < -0.4 is 20.1 Å². The maximum absolute atomic E-state index is 14.7. The molecule has 18 heteroatoms. The molecule has 5 aliphatic rings. The van der Waals surface area contributed by atoms with Crippen molar-refractivity contribution in [3.63, 3.8) is 0 Å². The first-order valence-corrected chi connectivity index (χ1v) is 21.5. The predicted molar refractivity (Wildman–Crippen MR) is 201 cm³/mol. The molecule has 7 rings (SSSR count). The number of carbonyl (C=O) groups excluding carboxylic acids is 3. The largest absolute Gasteiger partial charge is 0.471 e. The van der Waals surface area contributed by atoms with Crippen LogP contribution in [0.4, 0.5) is 18.0 Å². The molecule has 2 aliphatic heterocycles. The average Bonchev–Trinajstić information content (AvgIpc) is 3.96. The van der Waals surface area contributed by atoms with Crippen molar-refractivity contribution >= 4 is 39.0 Å². The number of aromatic nitrogens is 2. The Kier molecular flexibility index (Phi) is 11.2. The van der Waals surface area contributed by atoms with Crippen LogP contribution in [0.15, 0.2) is 18.2 Å². The van der Waals surface area contributed by atoms with Crippen LogP contribution in [-0.2, 0) is 30.8 Å². The highest BCUT2D eigenvalue weighted by atomic mass is 32.2. The molecule has 57 heavy (non-hydrogen) atoms. The van der Waals surface area contributed by atoms with Crippen molar-refractivity contribution in [1.29, 1.82) is 0 Å². The highest BCUT2D eigenvalue weighted by molar-refractivity contribution is 7.91. The van der Waals surface area contributed by atoms with Crippen molar-refractivity contribution < 1.29 is 50.6 Å². The molecule has 1 aromatic carbocycles. The molecule has 3 aliphatic carbocycles. The molecule has 8 atom stereocenters. The molecule has 2 bridgehead atoms. The Morgan fingerprint density at radius 2 is 1.79 bits per heavy atom. The van der Waals surface area contributed by atoms with Gasteiger partial charge in [-0.05, 0) is 88.2 Å². The SMILES string of the molecule is CC(C)(C)[C@@H]1NC(=O)O[C@@H]2CCC[C@H]2CCCCCc2nc3ccc(F)cc3nc2O[C@@H]2C[C@@H](C(O)N[C@]3(C(=O)NS(=O)(=O)C4(C)CC4)C[C@H]3C(F)F)N(C2)C1=O. The normalized spacial score (nSPS) is 31.3. The second-order valence-electron chi connectivity index (χ2n) is 17.9. The fraction of sp³-hybridized carbons (Fsp3) is 0.718. The van der Waals surface area contributed by atoms with Gasteiger partial charge in [0.2, 0.25) is 28.2 Å². The minimum absolute atomic E-state index is 0.0965. The number of ether oxygens (including phenoxy) is 2. The summed E-state index contributed by atoms with van der Waals surface area (Å²) in [7, 11) is -4.22. The van der Waals surface area contributed by atoms with Crippen LogP contribution in [0, 0.1) is 23.1 Å². The maximum Gasteiger partial charge on any atom is 0.408 e. The lowest BCUT2D eigenvalue weighted by molar-refractivity contribution is -0.140. The Balaban J connectivity index is 1.23. The summed E-state index contributed by atoms with van der Waals surface area (Å²) in [5.74, 6) is -3.71. The molecule has 3 amide bonds. The van der Waals surface area contributed by atoms with Crippen molar-refractivity contribution in [1.82, 2.24) is 30.2 Å². The number of alkyl halides is 2. The van der Waals surface area contributed by atoms with Gasteiger partial charge in [-0.15, -0.1) is 0 Å². The molecule has 4 fully saturated rings. The Hall–Kier alpha value is -3.77. The van der Waals surface area contributed by atoms with E-state index in [-0.39, 0.29) is 36.4 Å². The molecule has 1 saturated heterocycles. The summed E-state index contributed by atoms with van der Waals surface area (Å²) in [6, 6.07) is 1.65. The number of aryl methyl sites for hydroxylation is 1. The summed E-state index contributed by atoms with van der Waals surface area (Å²) in [5, 5.41) is 17.3. The molecular formula is C39H53F3N6O8S. The third-order valence-electron chi connectivity index (χ3n) is 12.6. The van der Waals surface area contributed by atoms with Crippen molar-refractivity contribution in [3.8, 4) is 5.88 Å². The number of alkyl carbamates (subject to hydrolysis) is 1. The number of hydrogen-bond donors (Lipinski definition) is 4. The molecule has 1 unspecified atom stereocenters. The molecule has 0 spiro atoms. The molecule has 314 valence electrons. The maximum atomic E-state index is 14.7. The molecule has 14 nitrogen and oxygen atoms in total. The van der Waals surface area contributed by atoms with Crippen LogP contribution in [0.25, 0.3) is 11.0 Å². The summed E-state index contributed by atoms with van der Waals surface area (Å²) in [5.41, 5.74) is -1.80. The predicted octanol–water partition coefficient (Wildman–Crippen LogP) is 4.47. The van der Waals surface area contributed by atoms with E-state index < -0.39 is 92.6 Å². The van der Waals surface area contributed by atoms with E-state index in [1.165, 1.54) is 30.0 Å². The van der Waals surface area contributed by atoms with E-state index in [0.717, 1.165) is 38.5 Å². The van der Waals surface area contributed by atoms with Crippen LogP contribution in [0.2, 0.25) is 0 Å². The fourth-order valence-corrected chi connectivity index (χ4v) is 9.93. The van der Waals surface area contributed by atoms with Crippen LogP contribution in [0.1, 0.15) is 104 Å². The molecule has 1 aromatic heterocycles. The monoisotopic (exact) mass is 822 g/mol. The quantitative estimate of drug-likeness (QED) is 0.289. The number of rotatable bonds is 7. The zero-order valence-corrected chi connectivity index (χ0v) is 33.5. The zero-order valence-electron chi connectivity index (χ0n) is 32.7. The lowest BCUT2D eigenvalue weighted by atomic mass is 9.85. The summed E-state index contributed by atoms with van der Waals surface area (Å²) >= 11 is 0. The highest BCUT2D eigenvalue weighted by Gasteiger charge is 2.67. The van der Waals surface area contributed by atoms with Gasteiger partial charge in [0.25, 0.3) is 5.91 Å². The first-order valence-electron chi connectivity index (χ1n) is 20.0. The van der Waals surface area contributed by atoms with Crippen LogP contribution >= 0.6 is 0 Å². The number of aliphatic hydroxyl groups is 1. The van der Waals surface area contributed by atoms with Gasteiger partial charge in [-0.3, -0.25) is 19.6 Å². The number of fused-ring (bicyclic) bond motifs is 5. The number of halogens is 3. The lowest BCUT2D eigenvalue weighted by Gasteiger charge is -2.37. The second-order valence-corrected chi connectivity index (χ2v) is 20.1. The van der Waals surface area contributed by atoms with E-state index in [4.69, 9.17) is 14.5 Å². The summed E-state index contributed by atoms with van der Waals surface area (Å²) < 4.78 is 82.0. The first-order chi connectivity index (χ1) is 26.8. The lowest BCUT2D eigenvalue weighted by Crippen LogP contribution is -2.62. The smallest absolute Gasteiger partial charge is 0.408 e. The fourth-order valence-electron chi connectivity index (χ4n) is 8.62. The van der Waals surface area contributed by atoms with Crippen LogP contribution in [-0.4, -0.2) is 100 Å². The van der Waals surface area contributed by atoms with E-state index in [2.05, 4.69) is 15.6 Å². The Morgan fingerprint density at radius 3 is 2.47 bits per heavy atom. The molecule has 3 saturated carbocycles. The summed E-state index contributed by atoms with van der Waals surface area (Å²) in [4.78, 5) is 52.4. The minimum Gasteiger partial charge on any atom is -0.471 e. The van der Waals surface area contributed by atoms with Gasteiger partial charge in [0, 0.05) is 18.4 Å². The standard InChI is InChI=1S/C39H53F3N6O8S/c1-37(2,3)30-34(50)48-20-23(18-28(48)32(49)46-39(19-24(39)31(41)42)35(51)47-57(53,54)38(4)15-16-38)55-33-26(43-25-14-13-22(40)17-27(25)44-33)11-7-5-6-9-21-10-8-12-29(21)56-36(52)45-30/h13-14,17,21,23-24,28-32,46,49H,5-12,15-16,18-20H2,1-4H3,(H,45,52)(H,47,51)/t21-,23-,24+,28+,29-,30-,32?,39-/m1/s1. The van der Waals surface area contributed by atoms with Gasteiger partial charge in [0.15, 0.2) is 0 Å². The van der Waals surface area contributed by atoms with Crippen LogP contribution in [0.5, 0.6) is 5.88 Å². The van der Waals surface area contributed by atoms with E-state index in [1.807, 2.05) is 4.72 Å². The topological polar surface area (TPSA) is 189 Å². The number of aliphatic hydroxyl groups excluding tert-OH is 1. The number of carbonyl (C=O) groups is 3. The number of benzene rings is 1. The van der Waals surface area contributed by atoms with E-state index in [9.17, 15) is 41.1 Å². The Morgan fingerprint density at radius 1 is 1.05 bits per heavy atom. The minimum atomic E-state index is -4.22. The second kappa shape index (κ2) is 15.4. The number of amides is 3. The summed E-state index contributed by atoms with van der Waals surface area (Å²) in [6.07, 6.45) is -0.479. The van der Waals surface area contributed by atoms with Gasteiger partial charge >= 0.3 is 6.09 Å². The van der Waals surface area contributed by atoms with Gasteiger partial charge in [-0.1, -0.05) is 33.6 Å². The number of nitrogens with one attached hydrogen (secondary N) is 3. The molecule has 3 heterocycles. The van der Waals surface area contributed by atoms with E-state index >= 15 is 0 Å². The van der Waals surface area contributed by atoms with Gasteiger partial charge in [0.1, 0.15) is 41.5 Å². The molecule has 4 N–H and O–H groups in total. The first kappa shape index (κ1) is 41.4. The van der Waals surface area contributed by atoms with Crippen molar-refractivity contribution in [2.24, 2.45) is 17.3 Å². The van der Waals surface area contributed by atoms with Crippen molar-refractivity contribution in [3.05, 3.63) is 29.7 Å². The van der Waals surface area contributed by atoms with Crippen LogP contribution in [0.3, 0.4) is 0 Å². The van der Waals surface area contributed by atoms with Crippen molar-refractivity contribution in [2.45, 2.75) is 152 Å². The molecule has 2 aromatic rings. The van der Waals surface area contributed by atoms with E-state index in [1.54, 1.807) is 20.8 Å². The Bertz CT molecular complexity index is 2000. The van der Waals surface area contributed by atoms with Gasteiger partial charge in [-0.2, -0.15) is 0 Å². The third-order valence-corrected chi connectivity index (χ3v) is 14.7. The number of hydrogen-bond acceptors (Lipinski definition) is 11. The Labute approximate surface area is 330 Å². The van der Waals surface area contributed by atoms with Gasteiger partial charge in [0.05, 0.1) is 28.4 Å². The number of sulfonamides is 1. The summed E-state index contributed by atoms with van der Waals surface area (Å²) in [6.45, 7) is 6.54.